The van der Waals surface area contributed by atoms with Crippen molar-refractivity contribution in [3.05, 3.63) is 68.7 Å². The second kappa shape index (κ2) is 8.37. The predicted octanol–water partition coefficient (Wildman–Crippen LogP) is 3.58. The average molecular weight is 390 g/mol. The van der Waals surface area contributed by atoms with E-state index in [9.17, 15) is 14.9 Å². The molecule has 1 atom stereocenters. The van der Waals surface area contributed by atoms with Crippen LogP contribution in [0.1, 0.15) is 28.9 Å². The van der Waals surface area contributed by atoms with Crippen LogP contribution in [-0.4, -0.2) is 37.1 Å². The SMILES string of the molecule is CC(NC(=O)c1cc([N+](=O)[O-])ccc1N1CCOCC1)c1ccccc1Cl. The molecule has 1 fully saturated rings. The first-order valence-electron chi connectivity index (χ1n) is 8.64. The zero-order valence-electron chi connectivity index (χ0n) is 14.9. The van der Waals surface area contributed by atoms with E-state index in [4.69, 9.17) is 16.3 Å². The van der Waals surface area contributed by atoms with E-state index < -0.39 is 4.92 Å². The first-order valence-corrected chi connectivity index (χ1v) is 9.01. The Morgan fingerprint density at radius 1 is 1.26 bits per heavy atom. The van der Waals surface area contributed by atoms with Crippen molar-refractivity contribution in [1.82, 2.24) is 5.32 Å². The van der Waals surface area contributed by atoms with E-state index in [-0.39, 0.29) is 23.2 Å². The van der Waals surface area contributed by atoms with Gasteiger partial charge in [-0.25, -0.2) is 0 Å². The second-order valence-electron chi connectivity index (χ2n) is 6.27. The summed E-state index contributed by atoms with van der Waals surface area (Å²) in [7, 11) is 0. The van der Waals surface area contributed by atoms with Crippen LogP contribution in [0.25, 0.3) is 0 Å². The number of anilines is 1. The molecule has 2 aromatic rings. The molecule has 0 aromatic heterocycles. The highest BCUT2D eigenvalue weighted by atomic mass is 35.5. The summed E-state index contributed by atoms with van der Waals surface area (Å²) in [5, 5.41) is 14.6. The lowest BCUT2D eigenvalue weighted by molar-refractivity contribution is -0.384. The van der Waals surface area contributed by atoms with Gasteiger partial charge in [0.1, 0.15) is 0 Å². The van der Waals surface area contributed by atoms with Gasteiger partial charge in [-0.15, -0.1) is 0 Å². The molecule has 2 aromatic carbocycles. The number of nitro groups is 1. The van der Waals surface area contributed by atoms with Gasteiger partial charge in [-0.1, -0.05) is 29.8 Å². The Hall–Kier alpha value is -2.64. The molecule has 0 bridgehead atoms. The molecule has 0 spiro atoms. The number of nitrogens with zero attached hydrogens (tertiary/aromatic N) is 2. The average Bonchev–Trinajstić information content (AvgIpc) is 2.68. The molecule has 1 heterocycles. The lowest BCUT2D eigenvalue weighted by Gasteiger charge is -2.30. The summed E-state index contributed by atoms with van der Waals surface area (Å²) >= 11 is 6.21. The Bertz CT molecular complexity index is 853. The molecule has 142 valence electrons. The summed E-state index contributed by atoms with van der Waals surface area (Å²) in [4.78, 5) is 25.6. The lowest BCUT2D eigenvalue weighted by atomic mass is 10.1. The Morgan fingerprint density at radius 3 is 2.63 bits per heavy atom. The molecule has 1 amide bonds. The van der Waals surface area contributed by atoms with Gasteiger partial charge in [0.05, 0.1) is 35.4 Å². The Balaban J connectivity index is 1.90. The smallest absolute Gasteiger partial charge is 0.270 e. The fourth-order valence-corrected chi connectivity index (χ4v) is 3.38. The summed E-state index contributed by atoms with van der Waals surface area (Å²) in [6, 6.07) is 11.3. The van der Waals surface area contributed by atoms with Crippen molar-refractivity contribution in [2.75, 3.05) is 31.2 Å². The van der Waals surface area contributed by atoms with Gasteiger partial charge in [0.15, 0.2) is 0 Å². The summed E-state index contributed by atoms with van der Waals surface area (Å²) in [5.41, 5.74) is 1.59. The minimum atomic E-state index is -0.503. The largest absolute Gasteiger partial charge is 0.378 e. The predicted molar refractivity (Wildman–Crippen MR) is 103 cm³/mol. The lowest BCUT2D eigenvalue weighted by Crippen LogP contribution is -2.38. The molecule has 1 N–H and O–H groups in total. The Labute approximate surface area is 162 Å². The first-order chi connectivity index (χ1) is 13.0. The van der Waals surface area contributed by atoms with Gasteiger partial charge < -0.3 is 15.0 Å². The van der Waals surface area contributed by atoms with Crippen LogP contribution in [0.5, 0.6) is 0 Å². The molecule has 1 saturated heterocycles. The van der Waals surface area contributed by atoms with Crippen molar-refractivity contribution in [1.29, 1.82) is 0 Å². The van der Waals surface area contributed by atoms with E-state index in [1.54, 1.807) is 12.1 Å². The summed E-state index contributed by atoms with van der Waals surface area (Å²) < 4.78 is 5.35. The highest BCUT2D eigenvalue weighted by molar-refractivity contribution is 6.31. The van der Waals surface area contributed by atoms with Crippen LogP contribution < -0.4 is 10.2 Å². The number of rotatable bonds is 5. The van der Waals surface area contributed by atoms with E-state index >= 15 is 0 Å². The van der Waals surface area contributed by atoms with Gasteiger partial charge in [0.2, 0.25) is 0 Å². The van der Waals surface area contributed by atoms with Crippen molar-refractivity contribution < 1.29 is 14.5 Å². The van der Waals surface area contributed by atoms with E-state index in [1.807, 2.05) is 30.0 Å². The van der Waals surface area contributed by atoms with Gasteiger partial charge in [-0.05, 0) is 24.6 Å². The first kappa shape index (κ1) is 19.1. The number of nitro benzene ring substituents is 1. The Morgan fingerprint density at radius 2 is 1.96 bits per heavy atom. The highest BCUT2D eigenvalue weighted by Crippen LogP contribution is 2.28. The third-order valence-corrected chi connectivity index (χ3v) is 4.85. The minimum Gasteiger partial charge on any atom is -0.378 e. The molecule has 1 aliphatic heterocycles. The second-order valence-corrected chi connectivity index (χ2v) is 6.68. The summed E-state index contributed by atoms with van der Waals surface area (Å²) in [6.07, 6.45) is 0. The number of carbonyl (C=O) groups excluding carboxylic acids is 1. The van der Waals surface area contributed by atoms with Gasteiger partial charge in [0, 0.05) is 30.2 Å². The minimum absolute atomic E-state index is 0.123. The molecular formula is C19H20ClN3O4. The third kappa shape index (κ3) is 4.37. The molecular weight excluding hydrogens is 370 g/mol. The quantitative estimate of drug-likeness (QED) is 0.624. The van der Waals surface area contributed by atoms with Gasteiger partial charge >= 0.3 is 0 Å². The van der Waals surface area contributed by atoms with Gasteiger partial charge in [-0.3, -0.25) is 14.9 Å². The van der Waals surface area contributed by atoms with Crippen molar-refractivity contribution in [2.24, 2.45) is 0 Å². The fourth-order valence-electron chi connectivity index (χ4n) is 3.08. The number of non-ortho nitro benzene ring substituents is 1. The monoisotopic (exact) mass is 389 g/mol. The number of halogens is 1. The summed E-state index contributed by atoms with van der Waals surface area (Å²) in [5.74, 6) is -0.382. The standard InChI is InChI=1S/C19H20ClN3O4/c1-13(15-4-2-3-5-17(15)20)21-19(24)16-12-14(23(25)26)6-7-18(16)22-8-10-27-11-9-22/h2-7,12-13H,8-11H2,1H3,(H,21,24). The van der Waals surface area contributed by atoms with Crippen LogP contribution in [0, 0.1) is 10.1 Å². The molecule has 0 radical (unpaired) electrons. The van der Waals surface area contributed by atoms with E-state index in [2.05, 4.69) is 5.32 Å². The normalized spacial score (nSPS) is 15.3. The number of ether oxygens (including phenoxy) is 1. The number of amides is 1. The number of hydrogen-bond acceptors (Lipinski definition) is 5. The number of carbonyl (C=O) groups is 1. The van der Waals surface area contributed by atoms with Crippen LogP contribution in [0.2, 0.25) is 5.02 Å². The topological polar surface area (TPSA) is 84.7 Å². The van der Waals surface area contributed by atoms with Crippen LogP contribution >= 0.6 is 11.6 Å². The third-order valence-electron chi connectivity index (χ3n) is 4.51. The molecule has 0 aliphatic carbocycles. The molecule has 0 saturated carbocycles. The molecule has 1 unspecified atom stereocenters. The van der Waals surface area contributed by atoms with Crippen molar-refractivity contribution in [3.63, 3.8) is 0 Å². The molecule has 1 aliphatic rings. The number of benzene rings is 2. The van der Waals surface area contributed by atoms with Gasteiger partial charge in [0.25, 0.3) is 11.6 Å². The van der Waals surface area contributed by atoms with E-state index in [0.717, 1.165) is 5.56 Å². The maximum Gasteiger partial charge on any atom is 0.270 e. The zero-order chi connectivity index (χ0) is 19.4. The van der Waals surface area contributed by atoms with Gasteiger partial charge in [-0.2, -0.15) is 0 Å². The molecule has 8 heteroatoms. The maximum absolute atomic E-state index is 12.9. The molecule has 27 heavy (non-hydrogen) atoms. The van der Waals surface area contributed by atoms with Crippen LogP contribution in [0.4, 0.5) is 11.4 Å². The number of nitrogens with one attached hydrogen (secondary N) is 1. The molecule has 7 nitrogen and oxygen atoms in total. The number of morpholine rings is 1. The van der Waals surface area contributed by atoms with Crippen molar-refractivity contribution >= 4 is 28.9 Å². The molecule has 3 rings (SSSR count). The van der Waals surface area contributed by atoms with Crippen LogP contribution in [-0.2, 0) is 4.74 Å². The van der Waals surface area contributed by atoms with E-state index in [0.29, 0.717) is 37.0 Å². The number of hydrogen-bond donors (Lipinski definition) is 1. The van der Waals surface area contributed by atoms with E-state index in [1.165, 1.54) is 12.1 Å². The van der Waals surface area contributed by atoms with Crippen molar-refractivity contribution in [3.8, 4) is 0 Å². The zero-order valence-corrected chi connectivity index (χ0v) is 15.6. The Kier molecular flexibility index (Phi) is 5.93. The fraction of sp³-hybridized carbons (Fsp3) is 0.316. The highest BCUT2D eigenvalue weighted by Gasteiger charge is 2.23. The van der Waals surface area contributed by atoms with Crippen LogP contribution in [0.3, 0.4) is 0 Å². The van der Waals surface area contributed by atoms with Crippen molar-refractivity contribution in [2.45, 2.75) is 13.0 Å². The maximum atomic E-state index is 12.9. The summed E-state index contributed by atoms with van der Waals surface area (Å²) in [6.45, 7) is 4.17. The van der Waals surface area contributed by atoms with Crippen LogP contribution in [0.15, 0.2) is 42.5 Å².